The number of morpholine rings is 1. The summed E-state index contributed by atoms with van der Waals surface area (Å²) in [6.07, 6.45) is 0. The second-order valence-corrected chi connectivity index (χ2v) is 7.34. The van der Waals surface area contributed by atoms with Crippen molar-refractivity contribution in [2.24, 2.45) is 0 Å². The molecule has 6 heteroatoms. The van der Waals surface area contributed by atoms with Crippen LogP contribution in [0.2, 0.25) is 0 Å². The Kier molecular flexibility index (Phi) is 4.91. The van der Waals surface area contributed by atoms with Crippen LogP contribution in [0.1, 0.15) is 25.0 Å². The highest BCUT2D eigenvalue weighted by Gasteiger charge is 2.33. The molecular formula is C15H24N2O3S. The average molecular weight is 312 g/mol. The number of rotatable bonds is 4. The highest BCUT2D eigenvalue weighted by Crippen LogP contribution is 2.29. The second kappa shape index (κ2) is 6.34. The van der Waals surface area contributed by atoms with E-state index in [9.17, 15) is 8.42 Å². The fraction of sp³-hybridized carbons (Fsp3) is 0.600. The third-order valence-electron chi connectivity index (χ3n) is 3.71. The van der Waals surface area contributed by atoms with E-state index in [-0.39, 0.29) is 6.04 Å². The molecule has 1 fully saturated rings. The largest absolute Gasteiger partial charge is 0.385 e. The average Bonchev–Trinajstić information content (AvgIpc) is 2.38. The third-order valence-corrected chi connectivity index (χ3v) is 6.03. The number of anilines is 1. The van der Waals surface area contributed by atoms with E-state index < -0.39 is 10.0 Å². The van der Waals surface area contributed by atoms with Crippen molar-refractivity contribution in [1.29, 1.82) is 0 Å². The Hall–Kier alpha value is -1.11. The lowest BCUT2D eigenvalue weighted by atomic mass is 10.1. The predicted molar refractivity (Wildman–Crippen MR) is 84.3 cm³/mol. The van der Waals surface area contributed by atoms with Crippen LogP contribution in [0.25, 0.3) is 0 Å². The molecule has 0 radical (unpaired) electrons. The SMILES string of the molecule is CCNc1cc(C)c(S(=O)(=O)N2CCOCC2C)c(C)c1. The number of hydrogen-bond acceptors (Lipinski definition) is 4. The number of ether oxygens (including phenoxy) is 1. The van der Waals surface area contributed by atoms with Gasteiger partial charge in [0.15, 0.2) is 0 Å². The third kappa shape index (κ3) is 3.22. The number of nitrogens with zero attached hydrogens (tertiary/aromatic N) is 1. The number of nitrogens with one attached hydrogen (secondary N) is 1. The Morgan fingerprint density at radius 3 is 2.48 bits per heavy atom. The van der Waals surface area contributed by atoms with Crippen LogP contribution >= 0.6 is 0 Å². The summed E-state index contributed by atoms with van der Waals surface area (Å²) in [5.74, 6) is 0. The highest BCUT2D eigenvalue weighted by molar-refractivity contribution is 7.89. The van der Waals surface area contributed by atoms with Crippen LogP contribution in [0.15, 0.2) is 17.0 Å². The molecule has 0 amide bonds. The minimum atomic E-state index is -3.48. The number of sulfonamides is 1. The molecule has 21 heavy (non-hydrogen) atoms. The molecule has 0 aromatic heterocycles. The van der Waals surface area contributed by atoms with Gasteiger partial charge in [0.2, 0.25) is 10.0 Å². The Balaban J connectivity index is 2.44. The molecule has 1 saturated heterocycles. The molecule has 1 heterocycles. The summed E-state index contributed by atoms with van der Waals surface area (Å²) in [6, 6.07) is 3.67. The fourth-order valence-electron chi connectivity index (χ4n) is 2.85. The number of benzene rings is 1. The molecule has 1 aliphatic rings. The van der Waals surface area contributed by atoms with Crippen molar-refractivity contribution >= 4 is 15.7 Å². The first-order valence-electron chi connectivity index (χ1n) is 7.32. The Bertz CT molecular complexity index is 590. The van der Waals surface area contributed by atoms with Crippen LogP contribution < -0.4 is 5.32 Å². The molecular weight excluding hydrogens is 288 g/mol. The van der Waals surface area contributed by atoms with Gasteiger partial charge in [0, 0.05) is 24.8 Å². The molecule has 0 bridgehead atoms. The van der Waals surface area contributed by atoms with Gasteiger partial charge in [-0.25, -0.2) is 8.42 Å². The van der Waals surface area contributed by atoms with Crippen molar-refractivity contribution in [1.82, 2.24) is 4.31 Å². The summed E-state index contributed by atoms with van der Waals surface area (Å²) in [5, 5.41) is 3.23. The van der Waals surface area contributed by atoms with Gasteiger partial charge in [0.1, 0.15) is 0 Å². The maximum Gasteiger partial charge on any atom is 0.244 e. The molecule has 0 spiro atoms. The summed E-state index contributed by atoms with van der Waals surface area (Å²) in [5.41, 5.74) is 2.52. The maximum absolute atomic E-state index is 13.0. The first-order valence-corrected chi connectivity index (χ1v) is 8.76. The molecule has 1 N–H and O–H groups in total. The molecule has 2 rings (SSSR count). The van der Waals surface area contributed by atoms with Crippen molar-refractivity contribution in [2.75, 3.05) is 31.6 Å². The molecule has 1 atom stereocenters. The molecule has 1 aliphatic heterocycles. The zero-order valence-corrected chi connectivity index (χ0v) is 14.0. The molecule has 118 valence electrons. The van der Waals surface area contributed by atoms with E-state index in [1.165, 1.54) is 0 Å². The summed E-state index contributed by atoms with van der Waals surface area (Å²) < 4.78 is 32.8. The molecule has 0 saturated carbocycles. The van der Waals surface area contributed by atoms with E-state index in [1.807, 2.05) is 39.8 Å². The minimum Gasteiger partial charge on any atom is -0.385 e. The van der Waals surface area contributed by atoms with Gasteiger partial charge in [0.25, 0.3) is 0 Å². The van der Waals surface area contributed by atoms with Gasteiger partial charge in [-0.1, -0.05) is 0 Å². The van der Waals surface area contributed by atoms with Gasteiger partial charge in [0.05, 0.1) is 18.1 Å². The van der Waals surface area contributed by atoms with Crippen LogP contribution in [0.5, 0.6) is 0 Å². The number of aryl methyl sites for hydroxylation is 2. The van der Waals surface area contributed by atoms with Gasteiger partial charge < -0.3 is 10.1 Å². The molecule has 0 aliphatic carbocycles. The van der Waals surface area contributed by atoms with Crippen LogP contribution in [-0.2, 0) is 14.8 Å². The molecule has 1 aromatic rings. The second-order valence-electron chi connectivity index (χ2n) is 5.51. The van der Waals surface area contributed by atoms with E-state index in [1.54, 1.807) is 4.31 Å². The summed E-state index contributed by atoms with van der Waals surface area (Å²) in [4.78, 5) is 0.429. The van der Waals surface area contributed by atoms with Gasteiger partial charge in [-0.15, -0.1) is 0 Å². The highest BCUT2D eigenvalue weighted by atomic mass is 32.2. The van der Waals surface area contributed by atoms with E-state index >= 15 is 0 Å². The van der Waals surface area contributed by atoms with Gasteiger partial charge in [-0.2, -0.15) is 4.31 Å². The Labute approximate surface area is 127 Å². The summed E-state index contributed by atoms with van der Waals surface area (Å²) >= 11 is 0. The molecule has 1 aromatic carbocycles. The lowest BCUT2D eigenvalue weighted by Gasteiger charge is -2.33. The lowest BCUT2D eigenvalue weighted by Crippen LogP contribution is -2.47. The lowest BCUT2D eigenvalue weighted by molar-refractivity contribution is 0.0392. The van der Waals surface area contributed by atoms with E-state index in [2.05, 4.69) is 5.32 Å². The molecule has 5 nitrogen and oxygen atoms in total. The van der Waals surface area contributed by atoms with Crippen LogP contribution in [0, 0.1) is 13.8 Å². The van der Waals surface area contributed by atoms with Gasteiger partial charge in [-0.05, 0) is 51.0 Å². The number of hydrogen-bond donors (Lipinski definition) is 1. The van der Waals surface area contributed by atoms with Crippen LogP contribution in [0.3, 0.4) is 0 Å². The Morgan fingerprint density at radius 1 is 1.33 bits per heavy atom. The van der Waals surface area contributed by atoms with Crippen LogP contribution in [-0.4, -0.2) is 45.1 Å². The van der Waals surface area contributed by atoms with Gasteiger partial charge >= 0.3 is 0 Å². The smallest absolute Gasteiger partial charge is 0.244 e. The minimum absolute atomic E-state index is 0.129. The standard InChI is InChI=1S/C15H24N2O3S/c1-5-16-14-8-11(2)15(12(3)9-14)21(18,19)17-6-7-20-10-13(17)4/h8-9,13,16H,5-7,10H2,1-4H3. The summed E-state index contributed by atoms with van der Waals surface area (Å²) in [6.45, 7) is 9.74. The van der Waals surface area contributed by atoms with Crippen molar-refractivity contribution in [3.05, 3.63) is 23.3 Å². The first kappa shape index (κ1) is 16.3. The fourth-order valence-corrected chi connectivity index (χ4v) is 4.87. The van der Waals surface area contributed by atoms with Crippen molar-refractivity contribution in [2.45, 2.75) is 38.6 Å². The normalized spacial score (nSPS) is 20.5. The van der Waals surface area contributed by atoms with Crippen LogP contribution in [0.4, 0.5) is 5.69 Å². The van der Waals surface area contributed by atoms with E-state index in [0.717, 1.165) is 23.4 Å². The summed E-state index contributed by atoms with van der Waals surface area (Å²) in [7, 11) is -3.48. The first-order chi connectivity index (χ1) is 9.87. The Morgan fingerprint density at radius 2 is 1.95 bits per heavy atom. The van der Waals surface area contributed by atoms with Crippen molar-refractivity contribution < 1.29 is 13.2 Å². The topological polar surface area (TPSA) is 58.6 Å². The zero-order valence-electron chi connectivity index (χ0n) is 13.1. The monoisotopic (exact) mass is 312 g/mol. The van der Waals surface area contributed by atoms with E-state index in [4.69, 9.17) is 4.74 Å². The predicted octanol–water partition coefficient (Wildman–Crippen LogP) is 2.14. The van der Waals surface area contributed by atoms with Gasteiger partial charge in [-0.3, -0.25) is 0 Å². The van der Waals surface area contributed by atoms with Crippen molar-refractivity contribution in [3.8, 4) is 0 Å². The van der Waals surface area contributed by atoms with E-state index in [0.29, 0.717) is 24.7 Å². The maximum atomic E-state index is 13.0. The zero-order chi connectivity index (χ0) is 15.6. The van der Waals surface area contributed by atoms with Crippen molar-refractivity contribution in [3.63, 3.8) is 0 Å². The quantitative estimate of drug-likeness (QED) is 0.925. The molecule has 1 unspecified atom stereocenters.